The van der Waals surface area contributed by atoms with E-state index in [9.17, 15) is 13.2 Å². The Labute approximate surface area is 125 Å². The fourth-order valence-corrected chi connectivity index (χ4v) is 3.23. The van der Waals surface area contributed by atoms with Crippen LogP contribution in [0.1, 0.15) is 37.2 Å². The molecule has 0 aliphatic heterocycles. The molecule has 2 nitrogen and oxygen atoms in total. The van der Waals surface area contributed by atoms with Gasteiger partial charge >= 0.3 is 6.18 Å². The van der Waals surface area contributed by atoms with Crippen molar-refractivity contribution in [2.45, 2.75) is 38.4 Å². The van der Waals surface area contributed by atoms with Crippen molar-refractivity contribution < 1.29 is 13.2 Å². The van der Waals surface area contributed by atoms with Crippen molar-refractivity contribution in [2.75, 3.05) is 5.88 Å². The van der Waals surface area contributed by atoms with E-state index in [-0.39, 0.29) is 0 Å². The van der Waals surface area contributed by atoms with Crippen LogP contribution < -0.4 is 0 Å². The van der Waals surface area contributed by atoms with Gasteiger partial charge in [0.2, 0.25) is 0 Å². The van der Waals surface area contributed by atoms with E-state index in [4.69, 9.17) is 11.6 Å². The molecule has 1 fully saturated rings. The average molecular weight is 317 g/mol. The second-order valence-electron chi connectivity index (χ2n) is 5.77. The molecular formula is C15H16ClF3N2. The molecule has 0 bridgehead atoms. The Morgan fingerprint density at radius 3 is 2.62 bits per heavy atom. The molecule has 0 spiro atoms. The Morgan fingerprint density at radius 1 is 1.33 bits per heavy atom. The Hall–Kier alpha value is -1.23. The summed E-state index contributed by atoms with van der Waals surface area (Å²) in [6.07, 6.45) is -1.68. The first-order valence-electron chi connectivity index (χ1n) is 7.04. The summed E-state index contributed by atoms with van der Waals surface area (Å²) in [7, 11) is 0. The number of aromatic nitrogens is 2. The van der Waals surface area contributed by atoms with Gasteiger partial charge in [-0.3, -0.25) is 0 Å². The van der Waals surface area contributed by atoms with Gasteiger partial charge in [-0.15, -0.1) is 11.6 Å². The summed E-state index contributed by atoms with van der Waals surface area (Å²) in [5.41, 5.74) is 0.531. The number of rotatable bonds is 3. The summed E-state index contributed by atoms with van der Waals surface area (Å²) in [5.74, 6) is 1.86. The lowest BCUT2D eigenvalue weighted by molar-refractivity contribution is -0.137. The molecule has 1 aliphatic carbocycles. The summed E-state index contributed by atoms with van der Waals surface area (Å²) in [4.78, 5) is 4.38. The number of benzene rings is 1. The molecule has 1 saturated carbocycles. The van der Waals surface area contributed by atoms with E-state index in [2.05, 4.69) is 16.5 Å². The molecule has 114 valence electrons. The van der Waals surface area contributed by atoms with E-state index in [1.54, 1.807) is 0 Å². The maximum Gasteiger partial charge on any atom is 0.416 e. The van der Waals surface area contributed by atoms with E-state index < -0.39 is 11.7 Å². The van der Waals surface area contributed by atoms with E-state index in [0.717, 1.165) is 36.3 Å². The van der Waals surface area contributed by atoms with Gasteiger partial charge in [0, 0.05) is 18.3 Å². The highest BCUT2D eigenvalue weighted by Crippen LogP contribution is 2.41. The Kier molecular flexibility index (Phi) is 3.64. The fraction of sp³-hybridized carbons (Fsp3) is 0.533. The maximum atomic E-state index is 12.8. The third-order valence-electron chi connectivity index (χ3n) is 4.12. The summed E-state index contributed by atoms with van der Waals surface area (Å²) < 4.78 is 40.5. The van der Waals surface area contributed by atoms with Crippen LogP contribution in [0, 0.1) is 5.92 Å². The fourth-order valence-electron chi connectivity index (χ4n) is 3.06. The lowest BCUT2D eigenvalue weighted by Gasteiger charge is -2.35. The van der Waals surface area contributed by atoms with Gasteiger partial charge in [-0.05, 0) is 37.0 Å². The van der Waals surface area contributed by atoms with Crippen LogP contribution in [-0.4, -0.2) is 15.4 Å². The zero-order chi connectivity index (χ0) is 15.2. The normalized spacial score (nSPS) is 22.5. The lowest BCUT2D eigenvalue weighted by Crippen LogP contribution is -2.26. The van der Waals surface area contributed by atoms with Gasteiger partial charge in [-0.2, -0.15) is 13.2 Å². The Bertz CT molecular complexity index is 657. The first-order valence-corrected chi connectivity index (χ1v) is 7.57. The quantitative estimate of drug-likeness (QED) is 0.743. The number of hydrogen-bond acceptors (Lipinski definition) is 1. The van der Waals surface area contributed by atoms with Crippen molar-refractivity contribution in [1.29, 1.82) is 0 Å². The molecular weight excluding hydrogens is 301 g/mol. The minimum absolute atomic E-state index is 0.333. The van der Waals surface area contributed by atoms with E-state index >= 15 is 0 Å². The van der Waals surface area contributed by atoms with Gasteiger partial charge < -0.3 is 4.57 Å². The van der Waals surface area contributed by atoms with Gasteiger partial charge in [0.15, 0.2) is 0 Å². The number of halogens is 4. The van der Waals surface area contributed by atoms with Gasteiger partial charge in [0.05, 0.1) is 16.6 Å². The molecule has 2 aromatic rings. The molecule has 0 radical (unpaired) electrons. The highest BCUT2D eigenvalue weighted by Gasteiger charge is 2.33. The minimum Gasteiger partial charge on any atom is -0.325 e. The van der Waals surface area contributed by atoms with Crippen molar-refractivity contribution in [3.05, 3.63) is 29.6 Å². The van der Waals surface area contributed by atoms with Crippen molar-refractivity contribution in [1.82, 2.24) is 9.55 Å². The van der Waals surface area contributed by atoms with Crippen LogP contribution in [0.4, 0.5) is 13.2 Å². The number of hydrogen-bond donors (Lipinski definition) is 0. The number of imidazole rings is 1. The topological polar surface area (TPSA) is 17.8 Å². The molecule has 0 N–H and O–H groups in total. The van der Waals surface area contributed by atoms with Crippen LogP contribution in [0.2, 0.25) is 0 Å². The molecule has 6 heteroatoms. The smallest absolute Gasteiger partial charge is 0.325 e. The molecule has 0 atom stereocenters. The summed E-state index contributed by atoms with van der Waals surface area (Å²) >= 11 is 5.80. The predicted octanol–water partition coefficient (Wildman–Crippen LogP) is 4.81. The molecule has 1 aromatic carbocycles. The lowest BCUT2D eigenvalue weighted by atomic mass is 9.81. The van der Waals surface area contributed by atoms with E-state index in [1.807, 2.05) is 0 Å². The van der Waals surface area contributed by atoms with Gasteiger partial charge in [-0.1, -0.05) is 6.92 Å². The van der Waals surface area contributed by atoms with Gasteiger partial charge in [0.25, 0.3) is 0 Å². The predicted molar refractivity (Wildman–Crippen MR) is 76.6 cm³/mol. The Morgan fingerprint density at radius 2 is 2.05 bits per heavy atom. The monoisotopic (exact) mass is 316 g/mol. The number of nitrogens with zero attached hydrogens (tertiary/aromatic N) is 2. The molecule has 1 aliphatic rings. The van der Waals surface area contributed by atoms with E-state index in [0.29, 0.717) is 29.8 Å². The Balaban J connectivity index is 2.09. The number of fused-ring (bicyclic) bond motifs is 1. The van der Waals surface area contributed by atoms with Crippen molar-refractivity contribution in [3.63, 3.8) is 0 Å². The summed E-state index contributed by atoms with van der Waals surface area (Å²) in [6, 6.07) is 4.13. The average Bonchev–Trinajstić information content (AvgIpc) is 2.71. The molecule has 0 amide bonds. The van der Waals surface area contributed by atoms with Gasteiger partial charge in [-0.25, -0.2) is 4.98 Å². The van der Waals surface area contributed by atoms with Crippen molar-refractivity contribution >= 4 is 22.6 Å². The molecule has 0 unspecified atom stereocenters. The maximum absolute atomic E-state index is 12.8. The number of aryl methyl sites for hydroxylation is 1. The van der Waals surface area contributed by atoms with Crippen LogP contribution in [0.5, 0.6) is 0 Å². The molecule has 21 heavy (non-hydrogen) atoms. The molecule has 0 saturated heterocycles. The second-order valence-corrected chi connectivity index (χ2v) is 6.15. The highest BCUT2D eigenvalue weighted by atomic mass is 35.5. The van der Waals surface area contributed by atoms with E-state index in [1.165, 1.54) is 6.07 Å². The molecule has 1 aromatic heterocycles. The SMILES string of the molecule is CC1CC(n2c(CCCl)nc3cc(C(F)(F)F)ccc32)C1. The minimum atomic E-state index is -4.34. The standard InChI is InChI=1S/C15H16ClF3N2/c1-9-6-11(7-9)21-13-3-2-10(15(17,18)19)8-12(13)20-14(21)4-5-16/h2-3,8-9,11H,4-7H2,1H3. The van der Waals surface area contributed by atoms with Crippen LogP contribution >= 0.6 is 11.6 Å². The summed E-state index contributed by atoms with van der Waals surface area (Å²) in [5, 5.41) is 0. The zero-order valence-electron chi connectivity index (χ0n) is 11.6. The van der Waals surface area contributed by atoms with Crippen LogP contribution in [0.3, 0.4) is 0 Å². The van der Waals surface area contributed by atoms with Crippen LogP contribution in [0.25, 0.3) is 11.0 Å². The third kappa shape index (κ3) is 2.63. The molecule has 1 heterocycles. The van der Waals surface area contributed by atoms with Crippen LogP contribution in [0.15, 0.2) is 18.2 Å². The highest BCUT2D eigenvalue weighted by molar-refractivity contribution is 6.17. The number of alkyl halides is 4. The largest absolute Gasteiger partial charge is 0.416 e. The summed E-state index contributed by atoms with van der Waals surface area (Å²) in [6.45, 7) is 2.18. The molecule has 3 rings (SSSR count). The first-order chi connectivity index (χ1) is 9.90. The first kappa shape index (κ1) is 14.7. The van der Waals surface area contributed by atoms with Gasteiger partial charge in [0.1, 0.15) is 5.82 Å². The van der Waals surface area contributed by atoms with Crippen LogP contribution in [-0.2, 0) is 12.6 Å². The second kappa shape index (κ2) is 5.20. The van der Waals surface area contributed by atoms with Crippen molar-refractivity contribution in [3.8, 4) is 0 Å². The zero-order valence-corrected chi connectivity index (χ0v) is 12.4. The van der Waals surface area contributed by atoms with Crippen molar-refractivity contribution in [2.24, 2.45) is 5.92 Å². The third-order valence-corrected chi connectivity index (χ3v) is 4.31.